The smallest absolute Gasteiger partial charge is 0.168 e. The van der Waals surface area contributed by atoms with Gasteiger partial charge in [-0.25, -0.2) is 4.39 Å². The average Bonchev–Trinajstić information content (AvgIpc) is 2.14. The quantitative estimate of drug-likeness (QED) is 0.761. The largest absolute Gasteiger partial charge is 0.505 e. The fourth-order valence-corrected chi connectivity index (χ4v) is 1.50. The van der Waals surface area contributed by atoms with Crippen molar-refractivity contribution in [3.63, 3.8) is 0 Å². The first-order valence-corrected chi connectivity index (χ1v) is 4.69. The van der Waals surface area contributed by atoms with Gasteiger partial charge in [0.2, 0.25) is 0 Å². The van der Waals surface area contributed by atoms with Crippen molar-refractivity contribution in [1.29, 1.82) is 0 Å². The molecule has 1 N–H and O–H groups in total. The Balaban J connectivity index is 3.15. The summed E-state index contributed by atoms with van der Waals surface area (Å²) in [6.45, 7) is 3.99. The van der Waals surface area contributed by atoms with Crippen LogP contribution in [-0.4, -0.2) is 5.11 Å². The molecule has 0 radical (unpaired) electrons. The van der Waals surface area contributed by atoms with Crippen LogP contribution in [0.5, 0.6) is 5.75 Å². The molecule has 1 nitrogen and oxygen atoms in total. The molecule has 1 rings (SSSR count). The highest BCUT2D eigenvalue weighted by atomic mass is 19.1. The maximum Gasteiger partial charge on any atom is 0.168 e. The van der Waals surface area contributed by atoms with Crippen LogP contribution < -0.4 is 0 Å². The van der Waals surface area contributed by atoms with Crippen molar-refractivity contribution < 1.29 is 9.50 Å². The Morgan fingerprint density at radius 2 is 2.00 bits per heavy atom. The van der Waals surface area contributed by atoms with Crippen LogP contribution in [0.15, 0.2) is 12.1 Å². The zero-order valence-electron chi connectivity index (χ0n) is 8.10. The molecule has 1 aromatic rings. The standard InChI is InChI=1S/C11H15FO/c1-3-5-9-8(4-2)6-7-10(13)11(9)12/h6-7,13H,3-5H2,1-2H3. The van der Waals surface area contributed by atoms with E-state index in [1.165, 1.54) is 6.07 Å². The molecule has 0 unspecified atom stereocenters. The molecule has 13 heavy (non-hydrogen) atoms. The SMILES string of the molecule is CCCc1c(CC)ccc(O)c1F. The van der Waals surface area contributed by atoms with Crippen molar-refractivity contribution in [3.8, 4) is 5.75 Å². The second-order valence-corrected chi connectivity index (χ2v) is 3.14. The first-order valence-electron chi connectivity index (χ1n) is 4.69. The van der Waals surface area contributed by atoms with Crippen LogP contribution in [0.2, 0.25) is 0 Å². The third-order valence-electron chi connectivity index (χ3n) is 2.20. The lowest BCUT2D eigenvalue weighted by atomic mass is 10.0. The summed E-state index contributed by atoms with van der Waals surface area (Å²) in [5.41, 5.74) is 1.67. The van der Waals surface area contributed by atoms with Gasteiger partial charge in [0.15, 0.2) is 11.6 Å². The molecule has 72 valence electrons. The van der Waals surface area contributed by atoms with E-state index in [1.807, 2.05) is 13.8 Å². The van der Waals surface area contributed by atoms with Crippen LogP contribution in [0, 0.1) is 5.82 Å². The highest BCUT2D eigenvalue weighted by Crippen LogP contribution is 2.24. The maximum atomic E-state index is 13.4. The van der Waals surface area contributed by atoms with E-state index < -0.39 is 5.82 Å². The fraction of sp³-hybridized carbons (Fsp3) is 0.455. The van der Waals surface area contributed by atoms with Gasteiger partial charge in [-0.15, -0.1) is 0 Å². The number of halogens is 1. The van der Waals surface area contributed by atoms with Gasteiger partial charge < -0.3 is 5.11 Å². The van der Waals surface area contributed by atoms with E-state index in [2.05, 4.69) is 0 Å². The molecule has 1 aromatic carbocycles. The van der Waals surface area contributed by atoms with Crippen LogP contribution in [0.4, 0.5) is 4.39 Å². The van der Waals surface area contributed by atoms with Crippen LogP contribution in [0.1, 0.15) is 31.4 Å². The third-order valence-corrected chi connectivity index (χ3v) is 2.20. The third kappa shape index (κ3) is 2.00. The zero-order chi connectivity index (χ0) is 9.84. The molecule has 0 amide bonds. The van der Waals surface area contributed by atoms with Crippen molar-refractivity contribution in [2.75, 3.05) is 0 Å². The van der Waals surface area contributed by atoms with Gasteiger partial charge >= 0.3 is 0 Å². The van der Waals surface area contributed by atoms with Gasteiger partial charge in [-0.05, 0) is 30.0 Å². The van der Waals surface area contributed by atoms with E-state index in [1.54, 1.807) is 6.07 Å². The predicted molar refractivity (Wildman–Crippen MR) is 51.4 cm³/mol. The number of aromatic hydroxyl groups is 1. The minimum atomic E-state index is -0.443. The number of phenols is 1. The summed E-state index contributed by atoms with van der Waals surface area (Å²) >= 11 is 0. The molecule has 0 spiro atoms. The van der Waals surface area contributed by atoms with E-state index in [9.17, 15) is 9.50 Å². The second kappa shape index (κ2) is 4.26. The molecule has 0 saturated heterocycles. The maximum absolute atomic E-state index is 13.4. The number of hydrogen-bond acceptors (Lipinski definition) is 1. The Labute approximate surface area is 78.2 Å². The van der Waals surface area contributed by atoms with E-state index >= 15 is 0 Å². The molecule has 0 aliphatic heterocycles. The molecule has 0 bridgehead atoms. The van der Waals surface area contributed by atoms with E-state index in [4.69, 9.17) is 0 Å². The number of hydrogen-bond donors (Lipinski definition) is 1. The molecule has 0 aliphatic rings. The normalized spacial score (nSPS) is 10.4. The molecule has 0 heterocycles. The Morgan fingerprint density at radius 1 is 1.31 bits per heavy atom. The van der Waals surface area contributed by atoms with Gasteiger partial charge in [0.05, 0.1) is 0 Å². The van der Waals surface area contributed by atoms with Crippen molar-refractivity contribution >= 4 is 0 Å². The summed E-state index contributed by atoms with van der Waals surface area (Å²) < 4.78 is 13.4. The van der Waals surface area contributed by atoms with Gasteiger partial charge in [0.1, 0.15) is 0 Å². The first kappa shape index (κ1) is 10.0. The minimum Gasteiger partial charge on any atom is -0.505 e. The average molecular weight is 182 g/mol. The summed E-state index contributed by atoms with van der Waals surface area (Å²) in [7, 11) is 0. The van der Waals surface area contributed by atoms with Gasteiger partial charge in [0.25, 0.3) is 0 Å². The summed E-state index contributed by atoms with van der Waals surface area (Å²) in [4.78, 5) is 0. The Hall–Kier alpha value is -1.05. The van der Waals surface area contributed by atoms with Crippen molar-refractivity contribution in [2.45, 2.75) is 33.1 Å². The highest BCUT2D eigenvalue weighted by Gasteiger charge is 2.10. The van der Waals surface area contributed by atoms with Crippen LogP contribution in [-0.2, 0) is 12.8 Å². The topological polar surface area (TPSA) is 20.2 Å². The van der Waals surface area contributed by atoms with Crippen LogP contribution in [0.3, 0.4) is 0 Å². The van der Waals surface area contributed by atoms with Crippen LogP contribution >= 0.6 is 0 Å². The first-order chi connectivity index (χ1) is 6.20. The monoisotopic (exact) mass is 182 g/mol. The van der Waals surface area contributed by atoms with Crippen LogP contribution in [0.25, 0.3) is 0 Å². The fourth-order valence-electron chi connectivity index (χ4n) is 1.50. The number of benzene rings is 1. The summed E-state index contributed by atoms with van der Waals surface area (Å²) in [6, 6.07) is 3.22. The van der Waals surface area contributed by atoms with Crippen molar-refractivity contribution in [1.82, 2.24) is 0 Å². The van der Waals surface area contributed by atoms with Gasteiger partial charge in [-0.1, -0.05) is 26.3 Å². The Morgan fingerprint density at radius 3 is 2.54 bits per heavy atom. The van der Waals surface area contributed by atoms with Gasteiger partial charge in [-0.2, -0.15) is 0 Å². The van der Waals surface area contributed by atoms with E-state index in [0.29, 0.717) is 12.0 Å². The zero-order valence-corrected chi connectivity index (χ0v) is 8.10. The molecular formula is C11H15FO. The van der Waals surface area contributed by atoms with E-state index in [-0.39, 0.29) is 5.75 Å². The van der Waals surface area contributed by atoms with Gasteiger partial charge in [-0.3, -0.25) is 0 Å². The van der Waals surface area contributed by atoms with Crippen molar-refractivity contribution in [2.24, 2.45) is 0 Å². The molecule has 0 fully saturated rings. The predicted octanol–water partition coefficient (Wildman–Crippen LogP) is 3.05. The summed E-state index contributed by atoms with van der Waals surface area (Å²) in [5.74, 6) is -0.679. The van der Waals surface area contributed by atoms with Crippen molar-refractivity contribution in [3.05, 3.63) is 29.1 Å². The number of phenolic OH excluding ortho intramolecular Hbond substituents is 1. The molecule has 0 aliphatic carbocycles. The summed E-state index contributed by atoms with van der Waals surface area (Å²) in [5, 5.41) is 9.17. The molecular weight excluding hydrogens is 167 g/mol. The lowest BCUT2D eigenvalue weighted by molar-refractivity contribution is 0.427. The van der Waals surface area contributed by atoms with E-state index in [0.717, 1.165) is 18.4 Å². The number of aryl methyl sites for hydroxylation is 1. The Bertz CT molecular complexity index is 294. The van der Waals surface area contributed by atoms with Gasteiger partial charge in [0, 0.05) is 0 Å². The highest BCUT2D eigenvalue weighted by molar-refractivity contribution is 5.37. The Kier molecular flexibility index (Phi) is 3.29. The molecule has 2 heteroatoms. The lowest BCUT2D eigenvalue weighted by Gasteiger charge is -2.08. The molecule has 0 atom stereocenters. The molecule has 0 aromatic heterocycles. The number of rotatable bonds is 3. The lowest BCUT2D eigenvalue weighted by Crippen LogP contribution is -1.97. The molecule has 0 saturated carbocycles. The second-order valence-electron chi connectivity index (χ2n) is 3.14. The summed E-state index contributed by atoms with van der Waals surface area (Å²) in [6.07, 6.45) is 2.41. The minimum absolute atomic E-state index is 0.236.